The molecule has 0 saturated heterocycles. The lowest BCUT2D eigenvalue weighted by molar-refractivity contribution is -0.384. The highest BCUT2D eigenvalue weighted by atomic mass is 16.6. The maximum Gasteiger partial charge on any atom is 0.269 e. The number of nitro benzene ring substituents is 1. The summed E-state index contributed by atoms with van der Waals surface area (Å²) in [7, 11) is 1.61. The van der Waals surface area contributed by atoms with E-state index in [2.05, 4.69) is 10.2 Å². The maximum absolute atomic E-state index is 10.9. The number of benzene rings is 3. The fourth-order valence-electron chi connectivity index (χ4n) is 2.97. The predicted octanol–water partition coefficient (Wildman–Crippen LogP) is 4.52. The SMILES string of the molecule is COc1cccc(-c2nnc(-c3ccc([N+](=O)[O-])cc3)n2-c2ccccc2)c1. The molecular formula is C21H16N4O3. The fraction of sp³-hybridized carbons (Fsp3) is 0.0476. The lowest BCUT2D eigenvalue weighted by Gasteiger charge is -2.11. The number of nitrogens with zero attached hydrogens (tertiary/aromatic N) is 4. The van der Waals surface area contributed by atoms with Crippen molar-refractivity contribution >= 4 is 5.69 Å². The van der Waals surface area contributed by atoms with Crippen molar-refractivity contribution in [2.45, 2.75) is 0 Å². The molecule has 7 nitrogen and oxygen atoms in total. The molecule has 0 aliphatic heterocycles. The van der Waals surface area contributed by atoms with Gasteiger partial charge in [-0.25, -0.2) is 0 Å². The van der Waals surface area contributed by atoms with Gasteiger partial charge in [0.15, 0.2) is 11.6 Å². The molecule has 0 unspecified atom stereocenters. The number of hydrogen-bond donors (Lipinski definition) is 0. The topological polar surface area (TPSA) is 83.1 Å². The van der Waals surface area contributed by atoms with Gasteiger partial charge in [-0.2, -0.15) is 0 Å². The number of aromatic nitrogens is 3. The summed E-state index contributed by atoms with van der Waals surface area (Å²) in [4.78, 5) is 10.5. The number of nitro groups is 1. The van der Waals surface area contributed by atoms with Crippen molar-refractivity contribution in [3.05, 3.63) is 89.0 Å². The first-order chi connectivity index (χ1) is 13.7. The van der Waals surface area contributed by atoms with E-state index < -0.39 is 4.92 Å². The van der Waals surface area contributed by atoms with Crippen molar-refractivity contribution in [2.75, 3.05) is 7.11 Å². The van der Waals surface area contributed by atoms with E-state index in [4.69, 9.17) is 4.74 Å². The molecule has 0 amide bonds. The second-order valence-electron chi connectivity index (χ2n) is 6.05. The van der Waals surface area contributed by atoms with E-state index >= 15 is 0 Å². The summed E-state index contributed by atoms with van der Waals surface area (Å²) >= 11 is 0. The highest BCUT2D eigenvalue weighted by molar-refractivity contribution is 5.68. The smallest absolute Gasteiger partial charge is 0.269 e. The van der Waals surface area contributed by atoms with Gasteiger partial charge in [0, 0.05) is 28.9 Å². The van der Waals surface area contributed by atoms with Gasteiger partial charge in [0.1, 0.15) is 5.75 Å². The van der Waals surface area contributed by atoms with E-state index in [1.807, 2.05) is 59.2 Å². The van der Waals surface area contributed by atoms with Crippen LogP contribution in [0.3, 0.4) is 0 Å². The van der Waals surface area contributed by atoms with E-state index in [-0.39, 0.29) is 5.69 Å². The van der Waals surface area contributed by atoms with Crippen molar-refractivity contribution in [3.8, 4) is 34.2 Å². The molecule has 1 heterocycles. The zero-order valence-corrected chi connectivity index (χ0v) is 15.0. The second-order valence-corrected chi connectivity index (χ2v) is 6.05. The molecule has 0 fully saturated rings. The highest BCUT2D eigenvalue weighted by Gasteiger charge is 2.18. The minimum atomic E-state index is -0.423. The van der Waals surface area contributed by atoms with Crippen LogP contribution in [0.5, 0.6) is 5.75 Å². The Hall–Kier alpha value is -4.00. The van der Waals surface area contributed by atoms with Crippen LogP contribution in [0.2, 0.25) is 0 Å². The molecule has 138 valence electrons. The molecule has 7 heteroatoms. The first-order valence-electron chi connectivity index (χ1n) is 8.57. The Morgan fingerprint density at radius 1 is 0.857 bits per heavy atom. The van der Waals surface area contributed by atoms with Gasteiger partial charge in [0.05, 0.1) is 12.0 Å². The number of ether oxygens (including phenoxy) is 1. The van der Waals surface area contributed by atoms with Gasteiger partial charge in [-0.05, 0) is 36.4 Å². The van der Waals surface area contributed by atoms with Crippen LogP contribution < -0.4 is 4.74 Å². The second kappa shape index (κ2) is 7.32. The van der Waals surface area contributed by atoms with Crippen molar-refractivity contribution in [3.63, 3.8) is 0 Å². The van der Waals surface area contributed by atoms with Crippen molar-refractivity contribution < 1.29 is 9.66 Å². The van der Waals surface area contributed by atoms with Crippen molar-refractivity contribution in [1.29, 1.82) is 0 Å². The Balaban J connectivity index is 1.90. The van der Waals surface area contributed by atoms with Crippen LogP contribution in [0.4, 0.5) is 5.69 Å². The summed E-state index contributed by atoms with van der Waals surface area (Å²) in [5, 5.41) is 19.7. The Kier molecular flexibility index (Phi) is 4.55. The third-order valence-electron chi connectivity index (χ3n) is 4.34. The van der Waals surface area contributed by atoms with Crippen LogP contribution in [0, 0.1) is 10.1 Å². The van der Waals surface area contributed by atoms with Gasteiger partial charge in [-0.3, -0.25) is 14.7 Å². The number of non-ortho nitro benzene ring substituents is 1. The standard InChI is InChI=1S/C21H16N4O3/c1-28-19-9-5-6-16(14-19)21-23-22-20(24(21)17-7-3-2-4-8-17)15-10-12-18(13-11-15)25(26)27/h2-14H,1H3. The van der Waals surface area contributed by atoms with Gasteiger partial charge < -0.3 is 4.74 Å². The van der Waals surface area contributed by atoms with E-state index in [0.29, 0.717) is 11.6 Å². The molecule has 0 N–H and O–H groups in total. The molecule has 4 aromatic rings. The molecule has 0 saturated carbocycles. The third-order valence-corrected chi connectivity index (χ3v) is 4.34. The van der Waals surface area contributed by atoms with Gasteiger partial charge in [0.2, 0.25) is 0 Å². The quantitative estimate of drug-likeness (QED) is 0.380. The summed E-state index contributed by atoms with van der Waals surface area (Å²) in [6, 6.07) is 23.6. The minimum absolute atomic E-state index is 0.0301. The largest absolute Gasteiger partial charge is 0.497 e. The Morgan fingerprint density at radius 2 is 1.54 bits per heavy atom. The molecule has 0 atom stereocenters. The van der Waals surface area contributed by atoms with Crippen molar-refractivity contribution in [2.24, 2.45) is 0 Å². The van der Waals surface area contributed by atoms with Crippen LogP contribution >= 0.6 is 0 Å². The van der Waals surface area contributed by atoms with Gasteiger partial charge in [0.25, 0.3) is 5.69 Å². The third kappa shape index (κ3) is 3.21. The summed E-state index contributed by atoms with van der Waals surface area (Å²) in [5.41, 5.74) is 2.50. The summed E-state index contributed by atoms with van der Waals surface area (Å²) < 4.78 is 7.25. The zero-order valence-electron chi connectivity index (χ0n) is 15.0. The van der Waals surface area contributed by atoms with E-state index in [0.717, 1.165) is 22.6 Å². The molecule has 28 heavy (non-hydrogen) atoms. The zero-order chi connectivity index (χ0) is 19.5. The van der Waals surface area contributed by atoms with Crippen LogP contribution in [0.25, 0.3) is 28.5 Å². The molecule has 1 aromatic heterocycles. The fourth-order valence-corrected chi connectivity index (χ4v) is 2.97. The van der Waals surface area contributed by atoms with E-state index in [1.54, 1.807) is 19.2 Å². The molecule has 4 rings (SSSR count). The van der Waals surface area contributed by atoms with E-state index in [1.165, 1.54) is 12.1 Å². The molecule has 3 aromatic carbocycles. The van der Waals surface area contributed by atoms with Crippen LogP contribution in [-0.4, -0.2) is 26.8 Å². The first kappa shape index (κ1) is 17.4. The van der Waals surface area contributed by atoms with Crippen molar-refractivity contribution in [1.82, 2.24) is 14.8 Å². The number of rotatable bonds is 5. The van der Waals surface area contributed by atoms with Crippen LogP contribution in [0.15, 0.2) is 78.9 Å². The minimum Gasteiger partial charge on any atom is -0.497 e. The first-order valence-corrected chi connectivity index (χ1v) is 8.57. The number of hydrogen-bond acceptors (Lipinski definition) is 5. The molecule has 0 spiro atoms. The molecular weight excluding hydrogens is 356 g/mol. The van der Waals surface area contributed by atoms with Gasteiger partial charge in [-0.15, -0.1) is 10.2 Å². The Morgan fingerprint density at radius 3 is 2.18 bits per heavy atom. The van der Waals surface area contributed by atoms with Crippen LogP contribution in [-0.2, 0) is 0 Å². The highest BCUT2D eigenvalue weighted by Crippen LogP contribution is 2.30. The maximum atomic E-state index is 10.9. The lowest BCUT2D eigenvalue weighted by Crippen LogP contribution is -2.00. The lowest BCUT2D eigenvalue weighted by atomic mass is 10.1. The number of para-hydroxylation sites is 1. The Labute approximate surface area is 161 Å². The normalized spacial score (nSPS) is 10.6. The van der Waals surface area contributed by atoms with Gasteiger partial charge in [-0.1, -0.05) is 30.3 Å². The van der Waals surface area contributed by atoms with E-state index in [9.17, 15) is 10.1 Å². The molecule has 0 aliphatic rings. The average molecular weight is 372 g/mol. The summed E-state index contributed by atoms with van der Waals surface area (Å²) in [6.45, 7) is 0. The number of methoxy groups -OCH3 is 1. The predicted molar refractivity (Wildman–Crippen MR) is 105 cm³/mol. The monoisotopic (exact) mass is 372 g/mol. The summed E-state index contributed by atoms with van der Waals surface area (Å²) in [6.07, 6.45) is 0. The molecule has 0 aliphatic carbocycles. The Bertz CT molecular complexity index is 1120. The average Bonchev–Trinajstić information content (AvgIpc) is 3.19. The molecule has 0 radical (unpaired) electrons. The van der Waals surface area contributed by atoms with Crippen LogP contribution in [0.1, 0.15) is 0 Å². The molecule has 0 bridgehead atoms. The van der Waals surface area contributed by atoms with Gasteiger partial charge >= 0.3 is 0 Å². The summed E-state index contributed by atoms with van der Waals surface area (Å²) in [5.74, 6) is 1.97.